The minimum absolute atomic E-state index is 0.0464. The first kappa shape index (κ1) is 10.4. The maximum Gasteiger partial charge on any atom is 0.0887 e. The lowest BCUT2D eigenvalue weighted by Gasteiger charge is -2.32. The van der Waals surface area contributed by atoms with Crippen molar-refractivity contribution in [2.75, 3.05) is 13.7 Å². The highest BCUT2D eigenvalue weighted by Crippen LogP contribution is 2.50. The van der Waals surface area contributed by atoms with E-state index in [1.54, 1.807) is 0 Å². The zero-order valence-corrected chi connectivity index (χ0v) is 9.20. The normalized spacial score (nSPS) is 43.1. The van der Waals surface area contributed by atoms with Crippen molar-refractivity contribution in [1.82, 2.24) is 5.06 Å². The summed E-state index contributed by atoms with van der Waals surface area (Å²) in [6, 6.07) is 0.421. The van der Waals surface area contributed by atoms with Crippen LogP contribution in [0.1, 0.15) is 39.0 Å². The number of aliphatic hydroxyl groups excluding tert-OH is 1. The molecule has 1 heterocycles. The summed E-state index contributed by atoms with van der Waals surface area (Å²) in [5.74, 6) is 0. The highest BCUT2D eigenvalue weighted by Gasteiger charge is 2.56. The molecule has 0 radical (unpaired) electrons. The number of hydrogen-bond donors (Lipinski definition) is 1. The third-order valence-corrected chi connectivity index (χ3v) is 4.00. The van der Waals surface area contributed by atoms with Crippen molar-refractivity contribution in [1.29, 1.82) is 0 Å². The largest absolute Gasteiger partial charge is 0.396 e. The van der Waals surface area contributed by atoms with Crippen molar-refractivity contribution in [3.05, 3.63) is 0 Å². The van der Waals surface area contributed by atoms with Crippen molar-refractivity contribution in [3.63, 3.8) is 0 Å². The van der Waals surface area contributed by atoms with E-state index in [0.29, 0.717) is 6.04 Å². The van der Waals surface area contributed by atoms with E-state index < -0.39 is 0 Å². The number of hydroxylamine groups is 2. The Morgan fingerprint density at radius 3 is 3.00 bits per heavy atom. The van der Waals surface area contributed by atoms with Gasteiger partial charge in [-0.25, -0.2) is 0 Å². The van der Waals surface area contributed by atoms with Gasteiger partial charge in [-0.15, -0.1) is 0 Å². The minimum Gasteiger partial charge on any atom is -0.396 e. The Labute approximate surface area is 86.0 Å². The Morgan fingerprint density at radius 2 is 2.36 bits per heavy atom. The quantitative estimate of drug-likeness (QED) is 0.748. The average Bonchev–Trinajstić information content (AvgIpc) is 2.67. The molecule has 0 aromatic heterocycles. The molecule has 1 saturated carbocycles. The molecule has 0 aromatic carbocycles. The molecule has 82 valence electrons. The Balaban J connectivity index is 2.19. The third-order valence-electron chi connectivity index (χ3n) is 4.00. The maximum atomic E-state index is 9.64. The van der Waals surface area contributed by atoms with Gasteiger partial charge in [0.1, 0.15) is 0 Å². The molecule has 0 unspecified atom stereocenters. The lowest BCUT2D eigenvalue weighted by atomic mass is 9.76. The monoisotopic (exact) mass is 199 g/mol. The highest BCUT2D eigenvalue weighted by molar-refractivity contribution is 5.03. The van der Waals surface area contributed by atoms with Gasteiger partial charge in [0.15, 0.2) is 0 Å². The van der Waals surface area contributed by atoms with Crippen LogP contribution in [0, 0.1) is 5.41 Å². The zero-order chi connectivity index (χ0) is 10.2. The standard InChI is InChI=1S/C11H21NO2/c1-3-5-9-11(8-13)7-4-6-10(11)14-12(9)2/h9-10,13H,3-8H2,1-2H3/t9-,10-,11+/m1/s1. The van der Waals surface area contributed by atoms with Crippen LogP contribution in [0.4, 0.5) is 0 Å². The second kappa shape index (κ2) is 3.80. The third kappa shape index (κ3) is 1.30. The van der Waals surface area contributed by atoms with E-state index in [-0.39, 0.29) is 18.1 Å². The number of hydrogen-bond acceptors (Lipinski definition) is 3. The van der Waals surface area contributed by atoms with Gasteiger partial charge in [-0.05, 0) is 25.7 Å². The lowest BCUT2D eigenvalue weighted by molar-refractivity contribution is -0.145. The molecule has 0 spiro atoms. The molecule has 2 aliphatic rings. The summed E-state index contributed by atoms with van der Waals surface area (Å²) < 4.78 is 0. The molecule has 14 heavy (non-hydrogen) atoms. The second-order valence-electron chi connectivity index (χ2n) is 4.73. The van der Waals surface area contributed by atoms with E-state index in [0.717, 1.165) is 25.7 Å². The van der Waals surface area contributed by atoms with Crippen LogP contribution >= 0.6 is 0 Å². The fourth-order valence-corrected chi connectivity index (χ4v) is 3.27. The van der Waals surface area contributed by atoms with Crippen LogP contribution in [-0.2, 0) is 4.84 Å². The van der Waals surface area contributed by atoms with E-state index >= 15 is 0 Å². The summed E-state index contributed by atoms with van der Waals surface area (Å²) in [7, 11) is 2.01. The first-order valence-corrected chi connectivity index (χ1v) is 5.75. The van der Waals surface area contributed by atoms with E-state index in [2.05, 4.69) is 6.92 Å². The summed E-state index contributed by atoms with van der Waals surface area (Å²) in [6.45, 7) is 2.48. The molecular weight excluding hydrogens is 178 g/mol. The molecule has 0 aromatic rings. The van der Waals surface area contributed by atoms with Crippen molar-refractivity contribution in [2.45, 2.75) is 51.2 Å². The van der Waals surface area contributed by atoms with Crippen LogP contribution in [0.3, 0.4) is 0 Å². The van der Waals surface area contributed by atoms with Gasteiger partial charge in [-0.2, -0.15) is 5.06 Å². The molecule has 1 aliphatic heterocycles. The van der Waals surface area contributed by atoms with Gasteiger partial charge in [-0.3, -0.25) is 4.84 Å². The summed E-state index contributed by atoms with van der Waals surface area (Å²) in [5, 5.41) is 11.6. The second-order valence-corrected chi connectivity index (χ2v) is 4.73. The van der Waals surface area contributed by atoms with Gasteiger partial charge in [0.05, 0.1) is 12.7 Å². The van der Waals surface area contributed by atoms with Crippen molar-refractivity contribution in [3.8, 4) is 0 Å². The van der Waals surface area contributed by atoms with Crippen LogP contribution in [-0.4, -0.2) is 36.0 Å². The van der Waals surface area contributed by atoms with Crippen molar-refractivity contribution in [2.24, 2.45) is 5.41 Å². The molecule has 2 fully saturated rings. The summed E-state index contributed by atoms with van der Waals surface area (Å²) in [6.07, 6.45) is 6.02. The van der Waals surface area contributed by atoms with Crippen molar-refractivity contribution < 1.29 is 9.94 Å². The molecule has 3 nitrogen and oxygen atoms in total. The van der Waals surface area contributed by atoms with Gasteiger partial charge >= 0.3 is 0 Å². The number of nitrogens with zero attached hydrogens (tertiary/aromatic N) is 1. The molecule has 3 heteroatoms. The molecule has 3 atom stereocenters. The summed E-state index contributed by atoms with van der Waals surface area (Å²) >= 11 is 0. The van der Waals surface area contributed by atoms with E-state index in [9.17, 15) is 5.11 Å². The van der Waals surface area contributed by atoms with Gasteiger partial charge < -0.3 is 5.11 Å². The predicted molar refractivity (Wildman–Crippen MR) is 54.7 cm³/mol. The van der Waals surface area contributed by atoms with Crippen LogP contribution in [0.25, 0.3) is 0 Å². The van der Waals surface area contributed by atoms with Gasteiger partial charge in [-0.1, -0.05) is 13.3 Å². The maximum absolute atomic E-state index is 9.64. The minimum atomic E-state index is 0.0464. The molecule has 1 aliphatic carbocycles. The van der Waals surface area contributed by atoms with Gasteiger partial charge in [0, 0.05) is 18.5 Å². The van der Waals surface area contributed by atoms with E-state index in [1.807, 2.05) is 12.1 Å². The van der Waals surface area contributed by atoms with Crippen LogP contribution in [0.5, 0.6) is 0 Å². The fourth-order valence-electron chi connectivity index (χ4n) is 3.27. The van der Waals surface area contributed by atoms with E-state index in [4.69, 9.17) is 4.84 Å². The Hall–Kier alpha value is -0.120. The van der Waals surface area contributed by atoms with Crippen LogP contribution < -0.4 is 0 Å². The number of fused-ring (bicyclic) bond motifs is 1. The zero-order valence-electron chi connectivity index (χ0n) is 9.20. The van der Waals surface area contributed by atoms with Gasteiger partial charge in [0.2, 0.25) is 0 Å². The molecular formula is C11H21NO2. The highest BCUT2D eigenvalue weighted by atomic mass is 16.7. The number of aliphatic hydroxyl groups is 1. The predicted octanol–water partition coefficient (Wildman–Crippen LogP) is 1.56. The molecule has 2 rings (SSSR count). The fraction of sp³-hybridized carbons (Fsp3) is 1.00. The van der Waals surface area contributed by atoms with Crippen LogP contribution in [0.2, 0.25) is 0 Å². The summed E-state index contributed by atoms with van der Waals surface area (Å²) in [5.41, 5.74) is 0.0464. The first-order chi connectivity index (χ1) is 6.74. The summed E-state index contributed by atoms with van der Waals surface area (Å²) in [4.78, 5) is 5.82. The molecule has 1 N–H and O–H groups in total. The van der Waals surface area contributed by atoms with Crippen LogP contribution in [0.15, 0.2) is 0 Å². The molecule has 0 bridgehead atoms. The lowest BCUT2D eigenvalue weighted by Crippen LogP contribution is -2.42. The van der Waals surface area contributed by atoms with E-state index in [1.165, 1.54) is 6.42 Å². The smallest absolute Gasteiger partial charge is 0.0887 e. The first-order valence-electron chi connectivity index (χ1n) is 5.75. The SMILES string of the molecule is CCC[C@H]1N(C)O[C@@H]2CCC[C@@]21CO. The average molecular weight is 199 g/mol. The van der Waals surface area contributed by atoms with Gasteiger partial charge in [0.25, 0.3) is 0 Å². The van der Waals surface area contributed by atoms with Crippen molar-refractivity contribution >= 4 is 0 Å². The Bertz CT molecular complexity index is 209. The molecule has 0 amide bonds. The molecule has 1 saturated heterocycles. The Morgan fingerprint density at radius 1 is 1.57 bits per heavy atom. The Kier molecular flexibility index (Phi) is 2.82. The topological polar surface area (TPSA) is 32.7 Å². The number of rotatable bonds is 3.